The van der Waals surface area contributed by atoms with Crippen LogP contribution in [0.4, 0.5) is 11.6 Å². The molecule has 4 rings (SSSR count). The molecule has 2 aromatic carbocycles. The molecule has 25 heavy (non-hydrogen) atoms. The van der Waals surface area contributed by atoms with Gasteiger partial charge in [0.25, 0.3) is 5.78 Å². The summed E-state index contributed by atoms with van der Waals surface area (Å²) in [6.45, 7) is 0. The molecule has 2 heterocycles. The summed E-state index contributed by atoms with van der Waals surface area (Å²) in [6, 6.07) is 12.9. The third kappa shape index (κ3) is 2.48. The number of hydrogen-bond acceptors (Lipinski definition) is 6. The van der Waals surface area contributed by atoms with Crippen LogP contribution in [-0.2, 0) is 0 Å². The number of nitriles is 1. The molecule has 8 heteroatoms. The Kier molecular flexibility index (Phi) is 3.40. The lowest BCUT2D eigenvalue weighted by molar-refractivity contribution is 0.355. The first-order chi connectivity index (χ1) is 12.2. The normalized spacial score (nSPS) is 10.8. The molecule has 0 saturated heterocycles. The fraction of sp³-hybridized carbons (Fsp3) is 0.118. The first-order valence-electron chi connectivity index (χ1n) is 7.49. The molecule has 0 aliphatic carbocycles. The van der Waals surface area contributed by atoms with Crippen LogP contribution in [0.1, 0.15) is 5.56 Å². The number of aromatic nitrogens is 4. The number of anilines is 2. The lowest BCUT2D eigenvalue weighted by Gasteiger charge is -2.09. The molecule has 0 atom stereocenters. The van der Waals surface area contributed by atoms with E-state index < -0.39 is 0 Å². The summed E-state index contributed by atoms with van der Waals surface area (Å²) < 4.78 is 12.3. The van der Waals surface area contributed by atoms with Gasteiger partial charge in [0.1, 0.15) is 0 Å². The van der Waals surface area contributed by atoms with E-state index >= 15 is 0 Å². The zero-order valence-electron chi connectivity index (χ0n) is 13.6. The van der Waals surface area contributed by atoms with Crippen molar-refractivity contribution in [2.24, 2.45) is 0 Å². The zero-order chi connectivity index (χ0) is 17.4. The van der Waals surface area contributed by atoms with Crippen molar-refractivity contribution in [3.63, 3.8) is 0 Å². The third-order valence-corrected chi connectivity index (χ3v) is 3.84. The fourth-order valence-corrected chi connectivity index (χ4v) is 2.66. The lowest BCUT2D eigenvalue weighted by Crippen LogP contribution is -1.96. The summed E-state index contributed by atoms with van der Waals surface area (Å²) in [7, 11) is 3.18. The standard InChI is InChI=1S/C17H14N6O2/c1-24-14-6-4-11(8-15(14)25-2)19-16-21-17-20-12-7-10(9-18)3-5-13(12)23(17)22-16/h3-8H,1-2H3,(H2,19,20,21,22). The van der Waals surface area contributed by atoms with E-state index in [2.05, 4.69) is 26.5 Å². The SMILES string of the molecule is COc1ccc(Nc2nc3nc4cc(C#N)ccc4n3[nH]2)cc1OC. The number of methoxy groups -OCH3 is 2. The van der Waals surface area contributed by atoms with E-state index in [4.69, 9.17) is 14.7 Å². The minimum atomic E-state index is 0.521. The maximum Gasteiger partial charge on any atom is 0.253 e. The van der Waals surface area contributed by atoms with Crippen LogP contribution in [0.25, 0.3) is 16.8 Å². The minimum absolute atomic E-state index is 0.521. The number of rotatable bonds is 4. The van der Waals surface area contributed by atoms with Crippen molar-refractivity contribution in [2.45, 2.75) is 0 Å². The highest BCUT2D eigenvalue weighted by atomic mass is 16.5. The van der Waals surface area contributed by atoms with Crippen molar-refractivity contribution in [2.75, 3.05) is 19.5 Å². The van der Waals surface area contributed by atoms with Crippen LogP contribution in [0, 0.1) is 11.3 Å². The molecule has 0 radical (unpaired) electrons. The van der Waals surface area contributed by atoms with Crippen molar-refractivity contribution in [3.8, 4) is 17.6 Å². The Morgan fingerprint density at radius 3 is 2.68 bits per heavy atom. The average molecular weight is 334 g/mol. The summed E-state index contributed by atoms with van der Waals surface area (Å²) >= 11 is 0. The number of hydrogen-bond donors (Lipinski definition) is 2. The Morgan fingerprint density at radius 1 is 1.08 bits per heavy atom. The molecule has 0 amide bonds. The molecule has 2 N–H and O–H groups in total. The van der Waals surface area contributed by atoms with Gasteiger partial charge in [0, 0.05) is 11.8 Å². The van der Waals surface area contributed by atoms with Crippen molar-refractivity contribution >= 4 is 28.4 Å². The highest BCUT2D eigenvalue weighted by molar-refractivity contribution is 5.81. The number of fused-ring (bicyclic) bond motifs is 3. The molecule has 8 nitrogen and oxygen atoms in total. The molecule has 0 saturated carbocycles. The second kappa shape index (κ2) is 5.72. The summed E-state index contributed by atoms with van der Waals surface area (Å²) in [5, 5.41) is 15.3. The van der Waals surface area contributed by atoms with Gasteiger partial charge in [-0.2, -0.15) is 10.2 Å². The molecular weight excluding hydrogens is 320 g/mol. The molecule has 0 aliphatic rings. The van der Waals surface area contributed by atoms with Gasteiger partial charge in [-0.1, -0.05) is 0 Å². The van der Waals surface area contributed by atoms with Gasteiger partial charge >= 0.3 is 0 Å². The van der Waals surface area contributed by atoms with E-state index in [0.29, 0.717) is 28.8 Å². The first kappa shape index (κ1) is 14.8. The highest BCUT2D eigenvalue weighted by Gasteiger charge is 2.11. The number of nitrogens with zero attached hydrogens (tertiary/aromatic N) is 4. The Hall–Kier alpha value is -3.73. The molecule has 0 aliphatic heterocycles. The summed E-state index contributed by atoms with van der Waals surface area (Å²) in [4.78, 5) is 8.86. The van der Waals surface area contributed by atoms with Gasteiger partial charge in [-0.3, -0.25) is 5.10 Å². The average Bonchev–Trinajstić information content (AvgIpc) is 3.17. The largest absolute Gasteiger partial charge is 0.493 e. The van der Waals surface area contributed by atoms with E-state index in [1.54, 1.807) is 30.9 Å². The predicted octanol–water partition coefficient (Wildman–Crippen LogP) is 2.84. The van der Waals surface area contributed by atoms with Gasteiger partial charge in [0.2, 0.25) is 5.95 Å². The smallest absolute Gasteiger partial charge is 0.253 e. The number of nitrogens with one attached hydrogen (secondary N) is 2. The Labute approximate surface area is 142 Å². The topological polar surface area (TPSA) is 100 Å². The predicted molar refractivity (Wildman–Crippen MR) is 92.4 cm³/mol. The van der Waals surface area contributed by atoms with Crippen LogP contribution in [-0.4, -0.2) is 33.8 Å². The maximum absolute atomic E-state index is 8.97. The monoisotopic (exact) mass is 334 g/mol. The van der Waals surface area contributed by atoms with Gasteiger partial charge in [-0.25, -0.2) is 9.50 Å². The molecule has 0 spiro atoms. The zero-order valence-corrected chi connectivity index (χ0v) is 13.6. The number of aromatic amines is 1. The van der Waals surface area contributed by atoms with Crippen LogP contribution in [0.3, 0.4) is 0 Å². The quantitative estimate of drug-likeness (QED) is 0.595. The molecule has 0 unspecified atom stereocenters. The van der Waals surface area contributed by atoms with Gasteiger partial charge in [-0.15, -0.1) is 0 Å². The van der Waals surface area contributed by atoms with Gasteiger partial charge in [-0.05, 0) is 30.3 Å². The van der Waals surface area contributed by atoms with E-state index in [-0.39, 0.29) is 0 Å². The highest BCUT2D eigenvalue weighted by Crippen LogP contribution is 2.30. The van der Waals surface area contributed by atoms with Crippen LogP contribution < -0.4 is 14.8 Å². The van der Waals surface area contributed by atoms with Crippen LogP contribution in [0.15, 0.2) is 36.4 Å². The minimum Gasteiger partial charge on any atom is -0.493 e. The van der Waals surface area contributed by atoms with Crippen LogP contribution in [0.5, 0.6) is 11.5 Å². The van der Waals surface area contributed by atoms with Crippen LogP contribution >= 0.6 is 0 Å². The van der Waals surface area contributed by atoms with E-state index in [9.17, 15) is 0 Å². The molecule has 2 aromatic heterocycles. The van der Waals surface area contributed by atoms with Crippen LogP contribution in [0.2, 0.25) is 0 Å². The van der Waals surface area contributed by atoms with E-state index in [0.717, 1.165) is 16.7 Å². The van der Waals surface area contributed by atoms with Crippen molar-refractivity contribution in [1.29, 1.82) is 5.26 Å². The summed E-state index contributed by atoms with van der Waals surface area (Å²) in [6.07, 6.45) is 0. The number of H-pyrrole nitrogens is 1. The van der Waals surface area contributed by atoms with Gasteiger partial charge in [0.05, 0.1) is 36.9 Å². The molecular formula is C17H14N6O2. The van der Waals surface area contributed by atoms with E-state index in [1.807, 2.05) is 24.3 Å². The summed E-state index contributed by atoms with van der Waals surface area (Å²) in [5.74, 6) is 2.34. The Morgan fingerprint density at radius 2 is 1.92 bits per heavy atom. The third-order valence-electron chi connectivity index (χ3n) is 3.84. The molecule has 124 valence electrons. The second-order valence-electron chi connectivity index (χ2n) is 5.33. The van der Waals surface area contributed by atoms with Crippen molar-refractivity contribution in [3.05, 3.63) is 42.0 Å². The second-order valence-corrected chi connectivity index (χ2v) is 5.33. The fourth-order valence-electron chi connectivity index (χ4n) is 2.66. The number of imidazole rings is 1. The van der Waals surface area contributed by atoms with Crippen molar-refractivity contribution in [1.82, 2.24) is 19.6 Å². The van der Waals surface area contributed by atoms with E-state index in [1.165, 1.54) is 0 Å². The summed E-state index contributed by atoms with van der Waals surface area (Å²) in [5.41, 5.74) is 2.93. The molecule has 0 fully saturated rings. The van der Waals surface area contributed by atoms with Crippen molar-refractivity contribution < 1.29 is 9.47 Å². The molecule has 0 bridgehead atoms. The van der Waals surface area contributed by atoms with Gasteiger partial charge < -0.3 is 14.8 Å². The molecule has 4 aromatic rings. The lowest BCUT2D eigenvalue weighted by atomic mass is 10.2. The van der Waals surface area contributed by atoms with Gasteiger partial charge in [0.15, 0.2) is 11.5 Å². The number of ether oxygens (including phenoxy) is 2. The first-order valence-corrected chi connectivity index (χ1v) is 7.49. The Bertz CT molecular complexity index is 1120. The maximum atomic E-state index is 8.97. The number of benzene rings is 2. The Balaban J connectivity index is 1.69.